The third-order valence-corrected chi connectivity index (χ3v) is 7.57. The molecule has 3 N–H and O–H groups in total. The maximum atomic E-state index is 14.7. The molecule has 0 bridgehead atoms. The number of amides is 5. The number of urea groups is 1. The second-order valence-electron chi connectivity index (χ2n) is 11.3. The molecule has 0 aromatic heterocycles. The van der Waals surface area contributed by atoms with Crippen LogP contribution in [-0.2, 0) is 27.4 Å². The molecule has 2 aliphatic rings. The number of ether oxygens (including phenoxy) is 1. The first-order valence-electron chi connectivity index (χ1n) is 13.5. The third-order valence-electron chi connectivity index (χ3n) is 7.57. The van der Waals surface area contributed by atoms with Gasteiger partial charge in [0.2, 0.25) is 11.8 Å². The van der Waals surface area contributed by atoms with Gasteiger partial charge in [0.1, 0.15) is 23.2 Å². The Morgan fingerprint density at radius 2 is 1.81 bits per heavy atom. The highest BCUT2D eigenvalue weighted by molar-refractivity contribution is 5.93. The van der Waals surface area contributed by atoms with Crippen molar-refractivity contribution in [1.82, 2.24) is 25.3 Å². The fourth-order valence-corrected chi connectivity index (χ4v) is 5.47. The van der Waals surface area contributed by atoms with E-state index in [-0.39, 0.29) is 57.4 Å². The van der Waals surface area contributed by atoms with Crippen molar-refractivity contribution < 1.29 is 37.8 Å². The summed E-state index contributed by atoms with van der Waals surface area (Å²) in [5.41, 5.74) is -1.49. The summed E-state index contributed by atoms with van der Waals surface area (Å²) in [5, 5.41) is 13.9. The lowest BCUT2D eigenvalue weighted by atomic mass is 9.87. The van der Waals surface area contributed by atoms with E-state index in [2.05, 4.69) is 10.6 Å². The molecule has 2 aromatic rings. The van der Waals surface area contributed by atoms with Crippen molar-refractivity contribution >= 4 is 23.9 Å². The maximum Gasteiger partial charge on any atom is 0.405 e. The van der Waals surface area contributed by atoms with E-state index in [0.717, 1.165) is 17.7 Å². The van der Waals surface area contributed by atoms with E-state index in [1.807, 2.05) is 30.3 Å². The van der Waals surface area contributed by atoms with Crippen LogP contribution in [0, 0.1) is 11.6 Å². The number of carbonyl (C=O) groups excluding carboxylic acids is 3. The Morgan fingerprint density at radius 3 is 2.48 bits per heavy atom. The van der Waals surface area contributed by atoms with Crippen LogP contribution in [-0.4, -0.2) is 101 Å². The summed E-state index contributed by atoms with van der Waals surface area (Å²) in [6, 6.07) is 11.0. The Bertz CT molecular complexity index is 1340. The molecule has 0 saturated carbocycles. The minimum Gasteiger partial charge on any atom is -0.465 e. The maximum absolute atomic E-state index is 14.7. The predicted octanol–water partition coefficient (Wildman–Crippen LogP) is 2.20. The molecule has 4 rings (SSSR count). The Morgan fingerprint density at radius 1 is 1.10 bits per heavy atom. The number of carbonyl (C=O) groups is 4. The van der Waals surface area contributed by atoms with Crippen molar-refractivity contribution in [2.24, 2.45) is 0 Å². The minimum atomic E-state index is -1.55. The molecular weight excluding hydrogens is 552 g/mol. The van der Waals surface area contributed by atoms with Crippen LogP contribution < -0.4 is 10.6 Å². The number of likely N-dealkylation sites (N-methyl/N-ethyl adjacent to an activating group) is 1. The molecule has 5 amide bonds. The van der Waals surface area contributed by atoms with E-state index in [1.165, 1.54) is 29.7 Å². The number of carboxylic acid groups (broad SMARTS) is 1. The SMILES string of the molecule is CN1C[C@]2(Cc3ccc(F)cc3F)CN(C(=O)[C@@H](COCc3ccccc3)NC(=O)C(C)(C)NC(=O)O)CCN2C1=O. The van der Waals surface area contributed by atoms with Crippen LogP contribution in [0.25, 0.3) is 0 Å². The molecule has 42 heavy (non-hydrogen) atoms. The number of hydrogen-bond acceptors (Lipinski definition) is 5. The van der Waals surface area contributed by atoms with E-state index in [9.17, 15) is 28.0 Å². The smallest absolute Gasteiger partial charge is 0.405 e. The summed E-state index contributed by atoms with van der Waals surface area (Å²) in [5.74, 6) is -2.70. The third kappa shape index (κ3) is 6.78. The molecule has 2 atom stereocenters. The van der Waals surface area contributed by atoms with Crippen LogP contribution in [0.15, 0.2) is 48.5 Å². The molecule has 226 valence electrons. The van der Waals surface area contributed by atoms with Gasteiger partial charge in [0.15, 0.2) is 0 Å². The lowest BCUT2D eigenvalue weighted by Gasteiger charge is -2.46. The fourth-order valence-electron chi connectivity index (χ4n) is 5.47. The topological polar surface area (TPSA) is 132 Å². The van der Waals surface area contributed by atoms with Crippen LogP contribution >= 0.6 is 0 Å². The van der Waals surface area contributed by atoms with Gasteiger partial charge in [-0.2, -0.15) is 0 Å². The zero-order valence-electron chi connectivity index (χ0n) is 23.7. The normalized spacial score (nSPS) is 19.4. The Labute approximate surface area is 242 Å². The second-order valence-corrected chi connectivity index (χ2v) is 11.3. The van der Waals surface area contributed by atoms with Gasteiger partial charge >= 0.3 is 12.1 Å². The number of hydrogen-bond donors (Lipinski definition) is 3. The van der Waals surface area contributed by atoms with Crippen LogP contribution in [0.3, 0.4) is 0 Å². The summed E-state index contributed by atoms with van der Waals surface area (Å²) < 4.78 is 34.1. The van der Waals surface area contributed by atoms with Gasteiger partial charge in [-0.25, -0.2) is 18.4 Å². The first-order chi connectivity index (χ1) is 19.8. The first-order valence-corrected chi connectivity index (χ1v) is 13.5. The lowest BCUT2D eigenvalue weighted by Crippen LogP contribution is -2.66. The van der Waals surface area contributed by atoms with E-state index in [1.54, 1.807) is 11.9 Å². The van der Waals surface area contributed by atoms with Crippen molar-refractivity contribution in [3.63, 3.8) is 0 Å². The molecular formula is C29H35F2N5O6. The molecule has 2 aromatic carbocycles. The molecule has 2 saturated heterocycles. The lowest BCUT2D eigenvalue weighted by molar-refractivity contribution is -0.142. The average Bonchev–Trinajstić information content (AvgIpc) is 3.17. The van der Waals surface area contributed by atoms with Crippen molar-refractivity contribution in [3.05, 3.63) is 71.3 Å². The molecule has 2 heterocycles. The molecule has 13 heteroatoms. The number of halogens is 2. The number of nitrogens with one attached hydrogen (secondary N) is 2. The van der Waals surface area contributed by atoms with Crippen LogP contribution in [0.1, 0.15) is 25.0 Å². The number of rotatable bonds is 10. The summed E-state index contributed by atoms with van der Waals surface area (Å²) in [7, 11) is 1.62. The summed E-state index contributed by atoms with van der Waals surface area (Å²) in [4.78, 5) is 55.8. The van der Waals surface area contributed by atoms with E-state index < -0.39 is 46.7 Å². The van der Waals surface area contributed by atoms with Gasteiger partial charge in [-0.05, 0) is 31.0 Å². The highest BCUT2D eigenvalue weighted by Crippen LogP contribution is 2.34. The summed E-state index contributed by atoms with van der Waals surface area (Å²) in [6.45, 7) is 3.23. The second kappa shape index (κ2) is 12.3. The molecule has 0 unspecified atom stereocenters. The van der Waals surface area contributed by atoms with Crippen LogP contribution in [0.2, 0.25) is 0 Å². The Balaban J connectivity index is 1.57. The summed E-state index contributed by atoms with van der Waals surface area (Å²) in [6.07, 6.45) is -1.37. The minimum absolute atomic E-state index is 0.0283. The highest BCUT2D eigenvalue weighted by Gasteiger charge is 2.53. The molecule has 0 spiro atoms. The molecule has 2 aliphatic heterocycles. The standard InChI is InChI=1S/C29H35F2N5O6/c1-28(2,33-26(39)40)25(38)32-23(16-42-15-19-7-5-4-6-8-19)24(37)35-11-12-36-27(41)34(3)17-29(36,18-35)14-20-9-10-21(30)13-22(20)31/h4-10,13,23,33H,11-12,14-18H2,1-3H3,(H,32,38)(H,39,40)/t23-,29-/m1/s1. The van der Waals surface area contributed by atoms with Gasteiger partial charge in [0.05, 0.1) is 18.8 Å². The number of nitrogens with zero attached hydrogens (tertiary/aromatic N) is 3. The van der Waals surface area contributed by atoms with Gasteiger partial charge in [-0.15, -0.1) is 0 Å². The van der Waals surface area contributed by atoms with E-state index >= 15 is 0 Å². The molecule has 11 nitrogen and oxygen atoms in total. The first kappa shape index (κ1) is 30.7. The number of benzene rings is 2. The van der Waals surface area contributed by atoms with Crippen molar-refractivity contribution in [2.75, 3.05) is 39.8 Å². The van der Waals surface area contributed by atoms with Crippen LogP contribution in [0.5, 0.6) is 0 Å². The van der Waals surface area contributed by atoms with E-state index in [0.29, 0.717) is 0 Å². The Hall–Kier alpha value is -4.26. The zero-order valence-corrected chi connectivity index (χ0v) is 23.7. The quantitative estimate of drug-likeness (QED) is 0.391. The Kier molecular flexibility index (Phi) is 9.00. The van der Waals surface area contributed by atoms with Crippen molar-refractivity contribution in [3.8, 4) is 0 Å². The number of fused-ring (bicyclic) bond motifs is 1. The molecule has 0 aliphatic carbocycles. The van der Waals surface area contributed by atoms with Gasteiger partial charge in [-0.1, -0.05) is 36.4 Å². The zero-order chi connectivity index (χ0) is 30.7. The van der Waals surface area contributed by atoms with Gasteiger partial charge in [-0.3, -0.25) is 9.59 Å². The van der Waals surface area contributed by atoms with Crippen molar-refractivity contribution in [2.45, 2.75) is 44.0 Å². The van der Waals surface area contributed by atoms with Gasteiger partial charge in [0, 0.05) is 45.7 Å². The highest BCUT2D eigenvalue weighted by atomic mass is 19.1. The van der Waals surface area contributed by atoms with Gasteiger partial charge in [0.25, 0.3) is 0 Å². The predicted molar refractivity (Wildman–Crippen MR) is 147 cm³/mol. The van der Waals surface area contributed by atoms with E-state index in [4.69, 9.17) is 9.84 Å². The molecule has 2 fully saturated rings. The van der Waals surface area contributed by atoms with Gasteiger partial charge < -0.3 is 35.2 Å². The monoisotopic (exact) mass is 587 g/mol. The largest absolute Gasteiger partial charge is 0.465 e. The van der Waals surface area contributed by atoms with Crippen molar-refractivity contribution in [1.29, 1.82) is 0 Å². The number of piperazine rings is 1. The molecule has 0 radical (unpaired) electrons. The van der Waals surface area contributed by atoms with Crippen LogP contribution in [0.4, 0.5) is 18.4 Å². The fraction of sp³-hybridized carbons (Fsp3) is 0.448. The summed E-state index contributed by atoms with van der Waals surface area (Å²) >= 11 is 0. The average molecular weight is 588 g/mol.